The van der Waals surface area contributed by atoms with E-state index in [1.807, 2.05) is 6.08 Å². The van der Waals surface area contributed by atoms with Crippen molar-refractivity contribution in [3.05, 3.63) is 34.4 Å². The number of unbranched alkanes of at least 4 members (excludes halogenated alkanes) is 2. The molecule has 0 aromatic heterocycles. The monoisotopic (exact) mass is 346 g/mol. The molecule has 0 unspecified atom stereocenters. The first-order valence-electron chi connectivity index (χ1n) is 9.62. The van der Waals surface area contributed by atoms with Gasteiger partial charge >= 0.3 is 5.97 Å². The number of hydrogen-bond acceptors (Lipinski definition) is 3. The molecular weight excluding hydrogens is 312 g/mol. The van der Waals surface area contributed by atoms with E-state index in [9.17, 15) is 9.59 Å². The predicted octanol–water partition coefficient (Wildman–Crippen LogP) is 5.85. The van der Waals surface area contributed by atoms with E-state index in [0.717, 1.165) is 56.1 Å². The Labute approximate surface area is 153 Å². The molecule has 0 fully saturated rings. The van der Waals surface area contributed by atoms with Crippen molar-refractivity contribution in [1.82, 2.24) is 0 Å². The van der Waals surface area contributed by atoms with Crippen molar-refractivity contribution in [3.63, 3.8) is 0 Å². The van der Waals surface area contributed by atoms with Crippen LogP contribution in [0.4, 0.5) is 0 Å². The Balaban J connectivity index is 2.41. The lowest BCUT2D eigenvalue weighted by molar-refractivity contribution is -0.141. The van der Waals surface area contributed by atoms with Crippen LogP contribution in [0.25, 0.3) is 0 Å². The third-order valence-corrected chi connectivity index (χ3v) is 4.57. The Morgan fingerprint density at radius 3 is 2.56 bits per heavy atom. The summed E-state index contributed by atoms with van der Waals surface area (Å²) in [6, 6.07) is 0. The van der Waals surface area contributed by atoms with E-state index in [2.05, 4.69) is 33.8 Å². The Hall–Kier alpha value is -1.64. The molecule has 3 nitrogen and oxygen atoms in total. The van der Waals surface area contributed by atoms with Crippen LogP contribution in [0.3, 0.4) is 0 Å². The molecule has 0 aromatic rings. The summed E-state index contributed by atoms with van der Waals surface area (Å²) < 4.78 is 5.34. The van der Waals surface area contributed by atoms with Crippen LogP contribution in [0.1, 0.15) is 85.5 Å². The minimum absolute atomic E-state index is 0.217. The van der Waals surface area contributed by atoms with E-state index in [4.69, 9.17) is 4.74 Å². The minimum atomic E-state index is -0.217. The number of ketones is 1. The normalized spacial score (nSPS) is 14.9. The number of esters is 1. The fourth-order valence-electron chi connectivity index (χ4n) is 3.02. The van der Waals surface area contributed by atoms with E-state index in [1.54, 1.807) is 0 Å². The lowest BCUT2D eigenvalue weighted by Crippen LogP contribution is -2.07. The molecule has 0 atom stereocenters. The number of Topliss-reactive ketones (excluding diaryl/α,β-unsaturated/α-hetero) is 1. The first kappa shape index (κ1) is 21.4. The smallest absolute Gasteiger partial charge is 0.310 e. The average Bonchev–Trinajstić information content (AvgIpc) is 2.88. The first-order chi connectivity index (χ1) is 11.9. The van der Waals surface area contributed by atoms with E-state index in [1.165, 1.54) is 11.1 Å². The van der Waals surface area contributed by atoms with Crippen LogP contribution >= 0.6 is 0 Å². The van der Waals surface area contributed by atoms with Crippen molar-refractivity contribution >= 4 is 11.8 Å². The molecule has 0 saturated heterocycles. The molecule has 0 heterocycles. The first-order valence-corrected chi connectivity index (χ1v) is 9.62. The van der Waals surface area contributed by atoms with Crippen molar-refractivity contribution in [3.8, 4) is 0 Å². The van der Waals surface area contributed by atoms with Gasteiger partial charge in [0.05, 0.1) is 6.42 Å². The maximum Gasteiger partial charge on any atom is 0.310 e. The van der Waals surface area contributed by atoms with Crippen molar-refractivity contribution in [2.45, 2.75) is 85.5 Å². The van der Waals surface area contributed by atoms with Gasteiger partial charge < -0.3 is 4.74 Å². The number of ether oxygens (including phenoxy) is 1. The van der Waals surface area contributed by atoms with Crippen LogP contribution in [0.5, 0.6) is 0 Å². The maximum atomic E-state index is 12.1. The van der Waals surface area contributed by atoms with E-state index >= 15 is 0 Å². The topological polar surface area (TPSA) is 43.4 Å². The molecule has 0 aromatic carbocycles. The highest BCUT2D eigenvalue weighted by Crippen LogP contribution is 2.29. The van der Waals surface area contributed by atoms with Gasteiger partial charge in [-0.05, 0) is 64.5 Å². The Bertz CT molecular complexity index is 546. The van der Waals surface area contributed by atoms with Crippen LogP contribution < -0.4 is 0 Å². The summed E-state index contributed by atoms with van der Waals surface area (Å²) in [7, 11) is 0. The Morgan fingerprint density at radius 2 is 1.88 bits per heavy atom. The number of carbonyl (C=O) groups is 2. The van der Waals surface area contributed by atoms with Gasteiger partial charge in [-0.2, -0.15) is 0 Å². The SMILES string of the molecule is CCCCCC1=C(CC(=O)OC/C=C(\C)CCC=C(C)C)CCC1=O. The largest absolute Gasteiger partial charge is 0.461 e. The van der Waals surface area contributed by atoms with Gasteiger partial charge in [-0.15, -0.1) is 0 Å². The lowest BCUT2D eigenvalue weighted by atomic mass is 10.0. The molecule has 1 aliphatic rings. The quantitative estimate of drug-likeness (QED) is 0.268. The summed E-state index contributed by atoms with van der Waals surface area (Å²) in [4.78, 5) is 24.0. The fourth-order valence-corrected chi connectivity index (χ4v) is 3.02. The molecule has 25 heavy (non-hydrogen) atoms. The molecule has 140 valence electrons. The van der Waals surface area contributed by atoms with Gasteiger partial charge in [0.2, 0.25) is 0 Å². The van der Waals surface area contributed by atoms with Gasteiger partial charge in [-0.3, -0.25) is 9.59 Å². The van der Waals surface area contributed by atoms with Crippen LogP contribution in [-0.2, 0) is 14.3 Å². The van der Waals surface area contributed by atoms with Crippen LogP contribution in [0, 0.1) is 0 Å². The molecule has 0 radical (unpaired) electrons. The average molecular weight is 347 g/mol. The second-order valence-electron chi connectivity index (χ2n) is 7.19. The van der Waals surface area contributed by atoms with Crippen molar-refractivity contribution in [2.75, 3.05) is 6.61 Å². The standard InChI is InChI=1S/C22H34O3/c1-5-6-7-11-20-19(12-13-21(20)23)16-22(24)25-15-14-18(4)10-8-9-17(2)3/h9,14H,5-8,10-13,15-16H2,1-4H3/b18-14+. The predicted molar refractivity (Wildman–Crippen MR) is 103 cm³/mol. The molecule has 3 heteroatoms. The number of rotatable bonds is 11. The zero-order chi connectivity index (χ0) is 18.7. The molecule has 0 bridgehead atoms. The lowest BCUT2D eigenvalue weighted by Gasteiger charge is -2.07. The fraction of sp³-hybridized carbons (Fsp3) is 0.636. The summed E-state index contributed by atoms with van der Waals surface area (Å²) in [5.74, 6) is 0.0138. The molecule has 0 N–H and O–H groups in total. The molecule has 0 amide bonds. The van der Waals surface area contributed by atoms with Gasteiger partial charge in [-0.1, -0.05) is 42.6 Å². The summed E-state index contributed by atoms with van der Waals surface area (Å²) in [5.41, 5.74) is 4.48. The molecule has 0 spiro atoms. The molecular formula is C22H34O3. The van der Waals surface area contributed by atoms with Gasteiger partial charge in [-0.25, -0.2) is 0 Å². The Kier molecular flexibility index (Phi) is 10.1. The molecule has 0 saturated carbocycles. The van der Waals surface area contributed by atoms with Gasteiger partial charge in [0.25, 0.3) is 0 Å². The van der Waals surface area contributed by atoms with Gasteiger partial charge in [0.15, 0.2) is 5.78 Å². The number of allylic oxidation sites excluding steroid dienone is 4. The highest BCUT2D eigenvalue weighted by atomic mass is 16.5. The van der Waals surface area contributed by atoms with Gasteiger partial charge in [0.1, 0.15) is 6.61 Å². The molecule has 0 aliphatic heterocycles. The van der Waals surface area contributed by atoms with Crippen molar-refractivity contribution in [2.24, 2.45) is 0 Å². The summed E-state index contributed by atoms with van der Waals surface area (Å²) in [6.07, 6.45) is 11.9. The molecule has 1 aliphatic carbocycles. The second kappa shape index (κ2) is 11.8. The van der Waals surface area contributed by atoms with E-state index in [0.29, 0.717) is 13.0 Å². The van der Waals surface area contributed by atoms with Crippen LogP contribution in [0.15, 0.2) is 34.4 Å². The summed E-state index contributed by atoms with van der Waals surface area (Å²) in [6.45, 7) is 8.74. The Morgan fingerprint density at radius 1 is 1.12 bits per heavy atom. The number of hydrogen-bond donors (Lipinski definition) is 0. The maximum absolute atomic E-state index is 12.1. The van der Waals surface area contributed by atoms with E-state index < -0.39 is 0 Å². The summed E-state index contributed by atoms with van der Waals surface area (Å²) >= 11 is 0. The number of carbonyl (C=O) groups excluding carboxylic acids is 2. The minimum Gasteiger partial charge on any atom is -0.461 e. The third kappa shape index (κ3) is 8.85. The van der Waals surface area contributed by atoms with Crippen molar-refractivity contribution < 1.29 is 14.3 Å². The highest BCUT2D eigenvalue weighted by molar-refractivity contribution is 5.99. The second-order valence-corrected chi connectivity index (χ2v) is 7.19. The summed E-state index contributed by atoms with van der Waals surface area (Å²) in [5, 5.41) is 0. The van der Waals surface area contributed by atoms with Crippen molar-refractivity contribution in [1.29, 1.82) is 0 Å². The van der Waals surface area contributed by atoms with Gasteiger partial charge in [0, 0.05) is 6.42 Å². The van der Waals surface area contributed by atoms with Crippen LogP contribution in [0.2, 0.25) is 0 Å². The van der Waals surface area contributed by atoms with E-state index in [-0.39, 0.29) is 18.2 Å². The molecule has 1 rings (SSSR count). The van der Waals surface area contributed by atoms with Crippen LogP contribution in [-0.4, -0.2) is 18.4 Å². The highest BCUT2D eigenvalue weighted by Gasteiger charge is 2.24. The third-order valence-electron chi connectivity index (χ3n) is 4.57. The zero-order valence-corrected chi connectivity index (χ0v) is 16.5. The zero-order valence-electron chi connectivity index (χ0n) is 16.5.